The van der Waals surface area contributed by atoms with E-state index in [0.717, 1.165) is 17.7 Å². The molecule has 92 valence electrons. The number of hydrogen-bond donors (Lipinski definition) is 1. The fourth-order valence-electron chi connectivity index (χ4n) is 1.71. The van der Waals surface area contributed by atoms with Crippen LogP contribution in [0.5, 0.6) is 5.75 Å². The van der Waals surface area contributed by atoms with Gasteiger partial charge in [-0.05, 0) is 25.3 Å². The summed E-state index contributed by atoms with van der Waals surface area (Å²) in [6.45, 7) is 7.04. The molecule has 1 atom stereocenters. The Labute approximate surface area is 105 Å². The van der Waals surface area contributed by atoms with Crippen LogP contribution >= 0.6 is 12.4 Å². The minimum atomic E-state index is 0. The molecule has 0 aliphatic heterocycles. The van der Waals surface area contributed by atoms with Crippen molar-refractivity contribution >= 4 is 12.4 Å². The second kappa shape index (κ2) is 7.53. The average molecular weight is 244 g/mol. The van der Waals surface area contributed by atoms with Crippen LogP contribution in [0.1, 0.15) is 38.8 Å². The van der Waals surface area contributed by atoms with Crippen LogP contribution in [0.2, 0.25) is 0 Å². The van der Waals surface area contributed by atoms with E-state index >= 15 is 0 Å². The molecule has 0 aliphatic rings. The van der Waals surface area contributed by atoms with Crippen molar-refractivity contribution in [2.45, 2.75) is 33.2 Å². The van der Waals surface area contributed by atoms with E-state index < -0.39 is 0 Å². The Balaban J connectivity index is 0.00000225. The van der Waals surface area contributed by atoms with E-state index in [2.05, 4.69) is 19.9 Å². The van der Waals surface area contributed by atoms with Gasteiger partial charge in [-0.1, -0.05) is 32.0 Å². The topological polar surface area (TPSA) is 35.2 Å². The first-order valence-corrected chi connectivity index (χ1v) is 5.62. The molecule has 0 radical (unpaired) electrons. The molecule has 3 heteroatoms. The summed E-state index contributed by atoms with van der Waals surface area (Å²) in [5, 5.41) is 0. The summed E-state index contributed by atoms with van der Waals surface area (Å²) in [5.41, 5.74) is 7.27. The lowest BCUT2D eigenvalue weighted by Gasteiger charge is -2.17. The van der Waals surface area contributed by atoms with E-state index in [0.29, 0.717) is 12.5 Å². The van der Waals surface area contributed by atoms with Gasteiger partial charge in [-0.2, -0.15) is 0 Å². The summed E-state index contributed by atoms with van der Waals surface area (Å²) in [6, 6.07) is 8.11. The molecular formula is C13H22ClNO. The molecule has 0 unspecified atom stereocenters. The van der Waals surface area contributed by atoms with Gasteiger partial charge in [-0.3, -0.25) is 0 Å². The predicted molar refractivity (Wildman–Crippen MR) is 71.2 cm³/mol. The lowest BCUT2D eigenvalue weighted by Crippen LogP contribution is -2.14. The van der Waals surface area contributed by atoms with E-state index in [9.17, 15) is 0 Å². The highest BCUT2D eigenvalue weighted by molar-refractivity contribution is 5.85. The second-order valence-electron chi connectivity index (χ2n) is 4.21. The highest BCUT2D eigenvalue weighted by Crippen LogP contribution is 2.27. The summed E-state index contributed by atoms with van der Waals surface area (Å²) in [6.07, 6.45) is 0.990. The molecule has 2 nitrogen and oxygen atoms in total. The van der Waals surface area contributed by atoms with Crippen molar-refractivity contribution in [3.8, 4) is 5.75 Å². The van der Waals surface area contributed by atoms with Crippen LogP contribution < -0.4 is 10.5 Å². The fraction of sp³-hybridized carbons (Fsp3) is 0.538. The lowest BCUT2D eigenvalue weighted by atomic mass is 9.97. The molecule has 16 heavy (non-hydrogen) atoms. The summed E-state index contributed by atoms with van der Waals surface area (Å²) < 4.78 is 5.56. The Morgan fingerprint density at radius 2 is 1.88 bits per heavy atom. The lowest BCUT2D eigenvalue weighted by molar-refractivity contribution is 0.332. The largest absolute Gasteiger partial charge is 0.494 e. The summed E-state index contributed by atoms with van der Waals surface area (Å²) in [4.78, 5) is 0. The Morgan fingerprint density at radius 3 is 2.44 bits per heavy atom. The maximum absolute atomic E-state index is 6.15. The Morgan fingerprint density at radius 1 is 1.25 bits per heavy atom. The number of halogens is 1. The van der Waals surface area contributed by atoms with Gasteiger partial charge in [0.05, 0.1) is 6.61 Å². The van der Waals surface area contributed by atoms with Gasteiger partial charge >= 0.3 is 0 Å². The van der Waals surface area contributed by atoms with Crippen LogP contribution in [0.3, 0.4) is 0 Å². The molecule has 0 bridgehead atoms. The monoisotopic (exact) mass is 243 g/mol. The van der Waals surface area contributed by atoms with Crippen LogP contribution in [0.4, 0.5) is 0 Å². The highest BCUT2D eigenvalue weighted by atomic mass is 35.5. The zero-order chi connectivity index (χ0) is 11.3. The van der Waals surface area contributed by atoms with Crippen LogP contribution in [0.25, 0.3) is 0 Å². The van der Waals surface area contributed by atoms with Gasteiger partial charge in [0.1, 0.15) is 5.75 Å². The van der Waals surface area contributed by atoms with Crippen molar-refractivity contribution < 1.29 is 4.74 Å². The van der Waals surface area contributed by atoms with Crippen molar-refractivity contribution in [2.75, 3.05) is 6.61 Å². The normalized spacial score (nSPS) is 12.1. The van der Waals surface area contributed by atoms with Crippen molar-refractivity contribution in [3.63, 3.8) is 0 Å². The van der Waals surface area contributed by atoms with Gasteiger partial charge in [0, 0.05) is 11.6 Å². The van der Waals surface area contributed by atoms with Gasteiger partial charge in [0.2, 0.25) is 0 Å². The van der Waals surface area contributed by atoms with Gasteiger partial charge in [-0.25, -0.2) is 0 Å². The second-order valence-corrected chi connectivity index (χ2v) is 4.21. The molecule has 1 aromatic rings. The molecule has 0 spiro atoms. The molecule has 2 N–H and O–H groups in total. The number of rotatable bonds is 5. The van der Waals surface area contributed by atoms with Crippen molar-refractivity contribution in [1.82, 2.24) is 0 Å². The van der Waals surface area contributed by atoms with Crippen molar-refractivity contribution in [2.24, 2.45) is 11.7 Å². The molecule has 0 aromatic heterocycles. The summed E-state index contributed by atoms with van der Waals surface area (Å²) in [5.74, 6) is 1.53. The number of benzene rings is 1. The summed E-state index contributed by atoms with van der Waals surface area (Å²) in [7, 11) is 0. The molecular weight excluding hydrogens is 222 g/mol. The average Bonchev–Trinajstić information content (AvgIpc) is 2.18. The van der Waals surface area contributed by atoms with Crippen LogP contribution in [-0.4, -0.2) is 6.61 Å². The van der Waals surface area contributed by atoms with E-state index in [1.807, 2.05) is 25.1 Å². The SMILES string of the molecule is CCOc1ccccc1[C@@H](N)CC(C)C.Cl. The maximum Gasteiger partial charge on any atom is 0.124 e. The third-order valence-electron chi connectivity index (χ3n) is 2.34. The minimum Gasteiger partial charge on any atom is -0.494 e. The van der Waals surface area contributed by atoms with Crippen molar-refractivity contribution in [3.05, 3.63) is 29.8 Å². The number of para-hydroxylation sites is 1. The van der Waals surface area contributed by atoms with Gasteiger partial charge in [0.25, 0.3) is 0 Å². The molecule has 1 rings (SSSR count). The molecule has 0 amide bonds. The van der Waals surface area contributed by atoms with Crippen LogP contribution in [-0.2, 0) is 0 Å². The molecule has 0 heterocycles. The maximum atomic E-state index is 6.15. The number of nitrogens with two attached hydrogens (primary N) is 1. The smallest absolute Gasteiger partial charge is 0.124 e. The Bertz CT molecular complexity index is 302. The molecule has 0 saturated carbocycles. The van der Waals surface area contributed by atoms with E-state index in [1.165, 1.54) is 0 Å². The number of ether oxygens (including phenoxy) is 1. The fourth-order valence-corrected chi connectivity index (χ4v) is 1.71. The Kier molecular flexibility index (Phi) is 7.18. The first-order valence-electron chi connectivity index (χ1n) is 5.62. The third-order valence-corrected chi connectivity index (χ3v) is 2.34. The first-order chi connectivity index (χ1) is 7.15. The highest BCUT2D eigenvalue weighted by Gasteiger charge is 2.12. The number of hydrogen-bond acceptors (Lipinski definition) is 2. The van der Waals surface area contributed by atoms with Crippen LogP contribution in [0, 0.1) is 5.92 Å². The van der Waals surface area contributed by atoms with Gasteiger partial charge < -0.3 is 10.5 Å². The zero-order valence-electron chi connectivity index (χ0n) is 10.3. The Hall–Kier alpha value is -0.730. The van der Waals surface area contributed by atoms with Gasteiger partial charge in [0.15, 0.2) is 0 Å². The third kappa shape index (κ3) is 4.42. The van der Waals surface area contributed by atoms with Crippen LogP contribution in [0.15, 0.2) is 24.3 Å². The zero-order valence-corrected chi connectivity index (χ0v) is 11.1. The van der Waals surface area contributed by atoms with E-state index in [-0.39, 0.29) is 18.4 Å². The van der Waals surface area contributed by atoms with E-state index in [1.54, 1.807) is 0 Å². The standard InChI is InChI=1S/C13H21NO.ClH/c1-4-15-13-8-6-5-7-11(13)12(14)9-10(2)3;/h5-8,10,12H,4,9,14H2,1-3H3;1H/t12-;/m0./s1. The van der Waals surface area contributed by atoms with Gasteiger partial charge in [-0.15, -0.1) is 12.4 Å². The summed E-state index contributed by atoms with van der Waals surface area (Å²) >= 11 is 0. The first kappa shape index (κ1) is 15.3. The predicted octanol–water partition coefficient (Wildman–Crippen LogP) is 3.55. The molecule has 0 saturated heterocycles. The van der Waals surface area contributed by atoms with Crippen molar-refractivity contribution in [1.29, 1.82) is 0 Å². The van der Waals surface area contributed by atoms with E-state index in [4.69, 9.17) is 10.5 Å². The minimum absolute atomic E-state index is 0. The quantitative estimate of drug-likeness (QED) is 0.859. The molecule has 0 fully saturated rings. The molecule has 1 aromatic carbocycles. The molecule has 0 aliphatic carbocycles.